The van der Waals surface area contributed by atoms with Crippen molar-refractivity contribution in [3.63, 3.8) is 0 Å². The first-order valence-corrected chi connectivity index (χ1v) is 7.43. The molecule has 1 unspecified atom stereocenters. The topological polar surface area (TPSA) is 116 Å². The highest BCUT2D eigenvalue weighted by Crippen LogP contribution is 2.13. The standard InChI is InChI=1S/C15H26N4O4/c1-14(2,3)23-13(22)19-15(4,5)6-12(21)17-8-11(20)10-7-16-9-18-10/h7,9,11,20H,6,8H2,1-5H3,(H,16,18)(H,17,21)(H,19,22). The summed E-state index contributed by atoms with van der Waals surface area (Å²) in [7, 11) is 0. The van der Waals surface area contributed by atoms with Crippen molar-refractivity contribution in [2.75, 3.05) is 6.54 Å². The maximum Gasteiger partial charge on any atom is 0.408 e. The van der Waals surface area contributed by atoms with E-state index in [9.17, 15) is 14.7 Å². The number of carbonyl (C=O) groups is 2. The van der Waals surface area contributed by atoms with Gasteiger partial charge in [-0.2, -0.15) is 0 Å². The van der Waals surface area contributed by atoms with Crippen LogP contribution in [-0.2, 0) is 9.53 Å². The zero-order valence-corrected chi connectivity index (χ0v) is 14.3. The van der Waals surface area contributed by atoms with Crippen molar-refractivity contribution in [3.05, 3.63) is 18.2 Å². The largest absolute Gasteiger partial charge is 0.444 e. The zero-order valence-electron chi connectivity index (χ0n) is 14.3. The zero-order chi connectivity index (χ0) is 17.7. The number of hydrogen-bond donors (Lipinski definition) is 4. The van der Waals surface area contributed by atoms with Gasteiger partial charge >= 0.3 is 6.09 Å². The maximum atomic E-state index is 12.0. The first-order chi connectivity index (χ1) is 10.5. The number of aliphatic hydroxyl groups is 1. The number of alkyl carbamates (subject to hydrolysis) is 1. The number of nitrogens with zero attached hydrogens (tertiary/aromatic N) is 1. The molecule has 8 nitrogen and oxygen atoms in total. The van der Waals surface area contributed by atoms with Crippen molar-refractivity contribution in [3.8, 4) is 0 Å². The van der Waals surface area contributed by atoms with Crippen LogP contribution in [0.4, 0.5) is 4.79 Å². The lowest BCUT2D eigenvalue weighted by molar-refractivity contribution is -0.122. The minimum atomic E-state index is -0.858. The summed E-state index contributed by atoms with van der Waals surface area (Å²) >= 11 is 0. The Kier molecular flexibility index (Phi) is 6.14. The molecule has 0 saturated carbocycles. The van der Waals surface area contributed by atoms with Crippen LogP contribution in [0.2, 0.25) is 0 Å². The van der Waals surface area contributed by atoms with E-state index >= 15 is 0 Å². The molecule has 1 aromatic heterocycles. The molecule has 0 aromatic carbocycles. The van der Waals surface area contributed by atoms with Crippen molar-refractivity contribution in [2.45, 2.75) is 58.3 Å². The van der Waals surface area contributed by atoms with Gasteiger partial charge in [-0.05, 0) is 34.6 Å². The van der Waals surface area contributed by atoms with E-state index < -0.39 is 23.3 Å². The van der Waals surface area contributed by atoms with Crippen LogP contribution in [0.1, 0.15) is 52.8 Å². The minimum Gasteiger partial charge on any atom is -0.444 e. The monoisotopic (exact) mass is 326 g/mol. The van der Waals surface area contributed by atoms with Crippen molar-refractivity contribution in [1.82, 2.24) is 20.6 Å². The molecule has 4 N–H and O–H groups in total. The summed E-state index contributed by atoms with van der Waals surface area (Å²) in [5.41, 5.74) is -0.849. The number of aromatic nitrogens is 2. The summed E-state index contributed by atoms with van der Waals surface area (Å²) < 4.78 is 5.17. The first kappa shape index (κ1) is 19.0. The number of nitrogens with one attached hydrogen (secondary N) is 3. The molecule has 0 fully saturated rings. The van der Waals surface area contributed by atoms with E-state index in [1.807, 2.05) is 0 Å². The van der Waals surface area contributed by atoms with E-state index in [0.29, 0.717) is 5.69 Å². The Morgan fingerprint density at radius 3 is 2.52 bits per heavy atom. The minimum absolute atomic E-state index is 0.0575. The van der Waals surface area contributed by atoms with E-state index in [4.69, 9.17) is 4.74 Å². The molecule has 0 spiro atoms. The number of imidazole rings is 1. The molecule has 23 heavy (non-hydrogen) atoms. The fourth-order valence-corrected chi connectivity index (χ4v) is 1.86. The van der Waals surface area contributed by atoms with Gasteiger partial charge in [0.15, 0.2) is 0 Å². The number of aromatic amines is 1. The van der Waals surface area contributed by atoms with Gasteiger partial charge in [0, 0.05) is 18.5 Å². The van der Waals surface area contributed by atoms with Crippen LogP contribution >= 0.6 is 0 Å². The van der Waals surface area contributed by atoms with Gasteiger partial charge in [0.1, 0.15) is 11.7 Å². The Bertz CT molecular complexity index is 520. The number of hydrogen-bond acceptors (Lipinski definition) is 5. The number of amides is 2. The lowest BCUT2D eigenvalue weighted by Crippen LogP contribution is -2.48. The molecule has 0 aliphatic heterocycles. The molecular weight excluding hydrogens is 300 g/mol. The Morgan fingerprint density at radius 1 is 1.35 bits per heavy atom. The van der Waals surface area contributed by atoms with Gasteiger partial charge in [-0.15, -0.1) is 0 Å². The second kappa shape index (κ2) is 7.45. The van der Waals surface area contributed by atoms with E-state index in [1.54, 1.807) is 34.6 Å². The van der Waals surface area contributed by atoms with E-state index in [1.165, 1.54) is 12.5 Å². The summed E-state index contributed by atoms with van der Waals surface area (Å²) in [5, 5.41) is 15.1. The van der Waals surface area contributed by atoms with Gasteiger partial charge in [-0.1, -0.05) is 0 Å². The number of aliphatic hydroxyl groups excluding tert-OH is 1. The molecular formula is C15H26N4O4. The quantitative estimate of drug-likeness (QED) is 0.628. The normalized spacial score (nSPS) is 13.3. The Balaban J connectivity index is 2.41. The van der Waals surface area contributed by atoms with E-state index in [-0.39, 0.29) is 18.9 Å². The highest BCUT2D eigenvalue weighted by Gasteiger charge is 2.27. The molecule has 0 aliphatic carbocycles. The van der Waals surface area contributed by atoms with Gasteiger partial charge in [0.05, 0.1) is 18.2 Å². The van der Waals surface area contributed by atoms with Gasteiger partial charge in [0.25, 0.3) is 0 Å². The third-order valence-corrected chi connectivity index (χ3v) is 2.81. The summed E-state index contributed by atoms with van der Waals surface area (Å²) in [5.74, 6) is -0.287. The van der Waals surface area contributed by atoms with Crippen molar-refractivity contribution >= 4 is 12.0 Å². The number of carbonyl (C=O) groups excluding carboxylic acids is 2. The molecule has 1 rings (SSSR count). The van der Waals surface area contributed by atoms with Crippen LogP contribution in [0.15, 0.2) is 12.5 Å². The van der Waals surface area contributed by atoms with Gasteiger partial charge in [-0.25, -0.2) is 9.78 Å². The van der Waals surface area contributed by atoms with Crippen LogP contribution < -0.4 is 10.6 Å². The molecule has 0 aliphatic rings. The second-order valence-corrected chi connectivity index (χ2v) is 7.01. The number of H-pyrrole nitrogens is 1. The van der Waals surface area contributed by atoms with Crippen LogP contribution in [0.25, 0.3) is 0 Å². The Morgan fingerprint density at radius 2 is 2.00 bits per heavy atom. The predicted octanol–water partition coefficient (Wildman–Crippen LogP) is 1.25. The van der Waals surface area contributed by atoms with Crippen LogP contribution in [0.3, 0.4) is 0 Å². The molecule has 0 radical (unpaired) electrons. The molecule has 1 aromatic rings. The summed E-state index contributed by atoms with van der Waals surface area (Å²) in [6.07, 6.45) is 1.57. The highest BCUT2D eigenvalue weighted by molar-refractivity contribution is 5.78. The summed E-state index contributed by atoms with van der Waals surface area (Å²) in [6.45, 7) is 8.81. The molecule has 1 atom stereocenters. The fraction of sp³-hybridized carbons (Fsp3) is 0.667. The number of rotatable bonds is 6. The first-order valence-electron chi connectivity index (χ1n) is 7.43. The molecule has 2 amide bonds. The van der Waals surface area contributed by atoms with Crippen molar-refractivity contribution in [1.29, 1.82) is 0 Å². The predicted molar refractivity (Wildman–Crippen MR) is 84.6 cm³/mol. The third-order valence-electron chi connectivity index (χ3n) is 2.81. The van der Waals surface area contributed by atoms with Gasteiger partial charge in [0.2, 0.25) is 5.91 Å². The van der Waals surface area contributed by atoms with E-state index in [2.05, 4.69) is 20.6 Å². The Hall–Kier alpha value is -2.09. The lowest BCUT2D eigenvalue weighted by Gasteiger charge is -2.28. The van der Waals surface area contributed by atoms with Crippen molar-refractivity contribution in [2.24, 2.45) is 0 Å². The van der Waals surface area contributed by atoms with Crippen molar-refractivity contribution < 1.29 is 19.4 Å². The van der Waals surface area contributed by atoms with Crippen LogP contribution in [0, 0.1) is 0 Å². The molecule has 1 heterocycles. The fourth-order valence-electron chi connectivity index (χ4n) is 1.86. The Labute approximate surface area is 136 Å². The van der Waals surface area contributed by atoms with Gasteiger partial charge < -0.3 is 25.5 Å². The molecule has 0 saturated heterocycles. The smallest absolute Gasteiger partial charge is 0.408 e. The van der Waals surface area contributed by atoms with Crippen LogP contribution in [0.5, 0.6) is 0 Å². The molecule has 8 heteroatoms. The lowest BCUT2D eigenvalue weighted by atomic mass is 10.0. The van der Waals surface area contributed by atoms with Crippen LogP contribution in [-0.4, -0.2) is 44.8 Å². The second-order valence-electron chi connectivity index (χ2n) is 7.01. The molecule has 130 valence electrons. The van der Waals surface area contributed by atoms with E-state index in [0.717, 1.165) is 0 Å². The van der Waals surface area contributed by atoms with Gasteiger partial charge in [-0.3, -0.25) is 4.79 Å². The number of ether oxygens (including phenoxy) is 1. The SMILES string of the molecule is CC(C)(CC(=O)NCC(O)c1cnc[nH]1)NC(=O)OC(C)(C)C. The summed E-state index contributed by atoms with van der Waals surface area (Å²) in [4.78, 5) is 30.3. The maximum absolute atomic E-state index is 12.0. The average molecular weight is 326 g/mol. The third kappa shape index (κ3) is 7.64. The highest BCUT2D eigenvalue weighted by atomic mass is 16.6. The molecule has 0 bridgehead atoms. The average Bonchev–Trinajstić information content (AvgIpc) is 2.85. The summed E-state index contributed by atoms with van der Waals surface area (Å²) in [6, 6.07) is 0.